The molecule has 13 heavy (non-hydrogen) atoms. The Morgan fingerprint density at radius 1 is 1.08 bits per heavy atom. The summed E-state index contributed by atoms with van der Waals surface area (Å²) in [5, 5.41) is 0. The van der Waals surface area contributed by atoms with E-state index in [-0.39, 0.29) is 11.8 Å². The molecule has 1 aliphatic carbocycles. The molecular weight excluding hydrogens is 162 g/mol. The van der Waals surface area contributed by atoms with Gasteiger partial charge in [0.15, 0.2) is 0 Å². The van der Waals surface area contributed by atoms with Gasteiger partial charge >= 0.3 is 0 Å². The minimum Gasteiger partial charge on any atom is -0.304 e. The monoisotopic (exact) mass is 171 g/mol. The molecular formula is C11H9NO. The number of hydrogen-bond acceptors (Lipinski definition) is 1. The Labute approximate surface area is 76.5 Å². The quantitative estimate of drug-likeness (QED) is 0.464. The van der Waals surface area contributed by atoms with Crippen LogP contribution in [0, 0.1) is 5.92 Å². The molecule has 3 rings (SSSR count). The summed E-state index contributed by atoms with van der Waals surface area (Å²) in [4.78, 5) is 13.4. The molecule has 1 fully saturated rings. The molecule has 0 spiro atoms. The Morgan fingerprint density at radius 2 is 1.85 bits per heavy atom. The first-order valence-electron chi connectivity index (χ1n) is 4.44. The fraction of sp³-hybridized carbons (Fsp3) is 0.182. The molecule has 0 N–H and O–H groups in total. The van der Waals surface area contributed by atoms with Crippen LogP contribution in [-0.2, 0) is 4.79 Å². The van der Waals surface area contributed by atoms with Crippen molar-refractivity contribution in [3.63, 3.8) is 0 Å². The third-order valence-electron chi connectivity index (χ3n) is 2.74. The molecule has 0 radical (unpaired) electrons. The largest absolute Gasteiger partial charge is 0.304 e. The van der Waals surface area contributed by atoms with Gasteiger partial charge in [0, 0.05) is 5.69 Å². The number of carbonyl (C=O) groups excluding carboxylic acids is 1. The Hall–Kier alpha value is -1.57. The van der Waals surface area contributed by atoms with Gasteiger partial charge in [-0.15, -0.1) is 0 Å². The molecule has 1 aliphatic heterocycles. The van der Waals surface area contributed by atoms with Crippen LogP contribution in [0.25, 0.3) is 0 Å². The number of hydrogen-bond donors (Lipinski definition) is 0. The Morgan fingerprint density at radius 3 is 2.38 bits per heavy atom. The predicted octanol–water partition coefficient (Wildman–Crippen LogP) is 1.59. The van der Waals surface area contributed by atoms with Crippen LogP contribution in [-0.4, -0.2) is 11.9 Å². The van der Waals surface area contributed by atoms with Crippen LogP contribution < -0.4 is 4.90 Å². The summed E-state index contributed by atoms with van der Waals surface area (Å²) in [6.07, 6.45) is 4.06. The van der Waals surface area contributed by atoms with E-state index in [2.05, 4.69) is 6.08 Å². The summed E-state index contributed by atoms with van der Waals surface area (Å²) < 4.78 is 0. The van der Waals surface area contributed by atoms with Gasteiger partial charge in [-0.05, 0) is 12.1 Å². The standard InChI is InChI=1S/C11H9NO/c13-11-9-6-7-10(9)12(11)8-4-2-1-3-5-8/h1-7,9-10H. The van der Waals surface area contributed by atoms with E-state index in [1.54, 1.807) is 0 Å². The van der Waals surface area contributed by atoms with Crippen molar-refractivity contribution < 1.29 is 4.79 Å². The Kier molecular flexibility index (Phi) is 1.18. The average Bonchev–Trinajstić information content (AvgIpc) is 2.13. The van der Waals surface area contributed by atoms with Crippen LogP contribution in [0.2, 0.25) is 0 Å². The van der Waals surface area contributed by atoms with Crippen molar-refractivity contribution in [3.8, 4) is 0 Å². The van der Waals surface area contributed by atoms with Crippen molar-refractivity contribution in [1.82, 2.24) is 0 Å². The molecule has 0 bridgehead atoms. The van der Waals surface area contributed by atoms with Crippen molar-refractivity contribution in [1.29, 1.82) is 0 Å². The zero-order valence-corrected chi connectivity index (χ0v) is 7.05. The van der Waals surface area contributed by atoms with Crippen molar-refractivity contribution in [2.45, 2.75) is 6.04 Å². The van der Waals surface area contributed by atoms with Crippen LogP contribution in [0.3, 0.4) is 0 Å². The minimum atomic E-state index is 0.181. The molecule has 64 valence electrons. The zero-order valence-electron chi connectivity index (χ0n) is 7.05. The maximum Gasteiger partial charge on any atom is 0.236 e. The van der Waals surface area contributed by atoms with Crippen molar-refractivity contribution in [2.75, 3.05) is 4.90 Å². The number of para-hydroxylation sites is 1. The second-order valence-corrected chi connectivity index (χ2v) is 3.45. The maximum atomic E-state index is 11.5. The number of β-lactam (4-membered cyclic amide) rings is 1. The molecule has 0 saturated carbocycles. The molecule has 1 saturated heterocycles. The molecule has 1 amide bonds. The lowest BCUT2D eigenvalue weighted by atomic mass is 9.78. The van der Waals surface area contributed by atoms with Crippen molar-refractivity contribution in [2.24, 2.45) is 5.92 Å². The topological polar surface area (TPSA) is 20.3 Å². The van der Waals surface area contributed by atoms with Crippen LogP contribution >= 0.6 is 0 Å². The Bertz CT molecular complexity index is 382. The third kappa shape index (κ3) is 0.750. The van der Waals surface area contributed by atoms with E-state index in [9.17, 15) is 4.79 Å². The number of carbonyl (C=O) groups is 1. The highest BCUT2D eigenvalue weighted by Crippen LogP contribution is 2.39. The molecule has 1 heterocycles. The average molecular weight is 171 g/mol. The van der Waals surface area contributed by atoms with Crippen LogP contribution in [0.1, 0.15) is 0 Å². The first kappa shape index (κ1) is 6.89. The molecule has 2 nitrogen and oxygen atoms in total. The first-order chi connectivity index (χ1) is 6.38. The van der Waals surface area contributed by atoms with Gasteiger partial charge in [-0.25, -0.2) is 0 Å². The minimum absolute atomic E-state index is 0.181. The number of benzene rings is 1. The fourth-order valence-corrected chi connectivity index (χ4v) is 1.91. The van der Waals surface area contributed by atoms with E-state index < -0.39 is 0 Å². The number of rotatable bonds is 1. The SMILES string of the molecule is O=C1C2C=CC2N1c1ccccc1. The van der Waals surface area contributed by atoms with Crippen molar-refractivity contribution >= 4 is 11.6 Å². The van der Waals surface area contributed by atoms with Crippen molar-refractivity contribution in [3.05, 3.63) is 42.5 Å². The Balaban J connectivity index is 1.96. The highest BCUT2D eigenvalue weighted by atomic mass is 16.2. The molecule has 2 aliphatic rings. The second-order valence-electron chi connectivity index (χ2n) is 3.45. The molecule has 2 heteroatoms. The highest BCUT2D eigenvalue weighted by molar-refractivity contribution is 6.06. The van der Waals surface area contributed by atoms with Gasteiger partial charge in [0.05, 0.1) is 12.0 Å². The molecule has 2 unspecified atom stereocenters. The van der Waals surface area contributed by atoms with Gasteiger partial charge in [0.1, 0.15) is 0 Å². The molecule has 1 aromatic rings. The lowest BCUT2D eigenvalue weighted by Gasteiger charge is -2.49. The number of amides is 1. The van der Waals surface area contributed by atoms with E-state index >= 15 is 0 Å². The number of nitrogens with zero attached hydrogens (tertiary/aromatic N) is 1. The van der Waals surface area contributed by atoms with Gasteiger partial charge in [0.25, 0.3) is 0 Å². The summed E-state index contributed by atoms with van der Waals surface area (Å²) in [5.41, 5.74) is 1.01. The summed E-state index contributed by atoms with van der Waals surface area (Å²) in [6.45, 7) is 0. The smallest absolute Gasteiger partial charge is 0.236 e. The molecule has 1 aromatic carbocycles. The zero-order chi connectivity index (χ0) is 8.84. The van der Waals surface area contributed by atoms with E-state index in [1.165, 1.54) is 0 Å². The van der Waals surface area contributed by atoms with Crippen LogP contribution in [0.15, 0.2) is 42.5 Å². The van der Waals surface area contributed by atoms with E-state index in [0.29, 0.717) is 6.04 Å². The predicted molar refractivity (Wildman–Crippen MR) is 50.3 cm³/mol. The summed E-state index contributed by atoms with van der Waals surface area (Å²) in [7, 11) is 0. The van der Waals surface area contributed by atoms with Crippen LogP contribution in [0.4, 0.5) is 5.69 Å². The molecule has 2 atom stereocenters. The first-order valence-corrected chi connectivity index (χ1v) is 4.44. The summed E-state index contributed by atoms with van der Waals surface area (Å²) >= 11 is 0. The number of fused-ring (bicyclic) bond motifs is 1. The normalized spacial score (nSPS) is 29.2. The lowest BCUT2D eigenvalue weighted by molar-refractivity contribution is -0.127. The van der Waals surface area contributed by atoms with Gasteiger partial charge in [-0.2, -0.15) is 0 Å². The van der Waals surface area contributed by atoms with Gasteiger partial charge in [0.2, 0.25) is 5.91 Å². The summed E-state index contributed by atoms with van der Waals surface area (Å²) in [5.74, 6) is 0.416. The second kappa shape index (κ2) is 2.22. The van der Waals surface area contributed by atoms with E-state index in [4.69, 9.17) is 0 Å². The van der Waals surface area contributed by atoms with Crippen LogP contribution in [0.5, 0.6) is 0 Å². The third-order valence-corrected chi connectivity index (χ3v) is 2.74. The van der Waals surface area contributed by atoms with Gasteiger partial charge < -0.3 is 4.90 Å². The molecule has 0 aromatic heterocycles. The van der Waals surface area contributed by atoms with Gasteiger partial charge in [-0.3, -0.25) is 4.79 Å². The number of anilines is 1. The van der Waals surface area contributed by atoms with E-state index in [1.807, 2.05) is 41.3 Å². The maximum absolute atomic E-state index is 11.5. The summed E-state index contributed by atoms with van der Waals surface area (Å²) in [6, 6.07) is 10.2. The van der Waals surface area contributed by atoms with Gasteiger partial charge in [-0.1, -0.05) is 30.4 Å². The highest BCUT2D eigenvalue weighted by Gasteiger charge is 2.49. The lowest BCUT2D eigenvalue weighted by Crippen LogP contribution is -2.63. The fourth-order valence-electron chi connectivity index (χ4n) is 1.91. The van der Waals surface area contributed by atoms with E-state index in [0.717, 1.165) is 5.69 Å².